The van der Waals surface area contributed by atoms with Crippen LogP contribution in [-0.4, -0.2) is 43.1 Å². The molecule has 6 rings (SSSR count). The van der Waals surface area contributed by atoms with E-state index in [9.17, 15) is 27.4 Å². The summed E-state index contributed by atoms with van der Waals surface area (Å²) in [6.07, 6.45) is 3.60. The molecular weight excluding hydrogens is 893 g/mol. The number of carbonyl (C=O) groups is 3. The van der Waals surface area contributed by atoms with Crippen LogP contribution in [0.15, 0.2) is 35.2 Å². The monoisotopic (exact) mass is 918 g/mol. The Morgan fingerprint density at radius 3 is 2.32 bits per heavy atom. The van der Waals surface area contributed by atoms with Crippen LogP contribution in [0.25, 0.3) is 0 Å². The summed E-state index contributed by atoms with van der Waals surface area (Å²) < 4.78 is 54.1. The maximum atomic E-state index is 13.6. The highest BCUT2D eigenvalue weighted by molar-refractivity contribution is 14.1. The lowest BCUT2D eigenvalue weighted by Crippen LogP contribution is -2.44. The van der Waals surface area contributed by atoms with Gasteiger partial charge in [0, 0.05) is 22.5 Å². The smallest absolute Gasteiger partial charge is 0.338 e. The number of esters is 3. The summed E-state index contributed by atoms with van der Waals surface area (Å²) in [6.45, 7) is 0. The first-order valence-corrected chi connectivity index (χ1v) is 18.0. The summed E-state index contributed by atoms with van der Waals surface area (Å²) in [5.41, 5.74) is 0.815. The molecule has 4 fully saturated rings. The minimum absolute atomic E-state index is 0.0800. The van der Waals surface area contributed by atoms with E-state index in [1.807, 2.05) is 0 Å². The van der Waals surface area contributed by atoms with E-state index in [2.05, 4.69) is 67.8 Å². The Labute approximate surface area is 278 Å². The lowest BCUT2D eigenvalue weighted by Gasteiger charge is -2.30. The molecule has 1 aliphatic heterocycles. The molecule has 3 saturated carbocycles. The zero-order valence-corrected chi connectivity index (χ0v) is 28.7. The van der Waals surface area contributed by atoms with Gasteiger partial charge in [0.05, 0.1) is 22.3 Å². The van der Waals surface area contributed by atoms with Crippen molar-refractivity contribution in [1.82, 2.24) is 0 Å². The van der Waals surface area contributed by atoms with Crippen LogP contribution in [0.2, 0.25) is 0 Å². The van der Waals surface area contributed by atoms with Crippen molar-refractivity contribution < 1.29 is 41.6 Å². The van der Waals surface area contributed by atoms with Gasteiger partial charge in [0.2, 0.25) is 0 Å². The fourth-order valence-electron chi connectivity index (χ4n) is 7.08. The summed E-state index contributed by atoms with van der Waals surface area (Å²) in [6, 6.07) is 7.60. The first kappa shape index (κ1) is 30.0. The molecule has 0 aromatic heterocycles. The van der Waals surface area contributed by atoms with Crippen molar-refractivity contribution in [2.24, 2.45) is 23.7 Å². The molecule has 218 valence electrons. The van der Waals surface area contributed by atoms with Crippen LogP contribution in [-0.2, 0) is 29.2 Å². The second-order valence-electron chi connectivity index (χ2n) is 11.1. The van der Waals surface area contributed by atoms with Crippen molar-refractivity contribution in [3.05, 3.63) is 52.2 Å². The fraction of sp³-hybridized carbons (Fsp3) is 0.464. The van der Waals surface area contributed by atoms with E-state index in [0.29, 0.717) is 17.5 Å². The first-order valence-electron chi connectivity index (χ1n) is 13.3. The standard InChI is InChI=1S/C28H25I3O9S/c29-18-8-13(9-19(30)23(18)31)26(32)39-24-16-11-17-22(28(34)40-25(17)24)21(16)27(33)38-14-6-7-20(41(35,36)37)15(10-14)12-4-2-1-3-5-12/h6-10,12,16-17,21-22,24-25H,1-5,11H2,(H,35,36,37). The van der Waals surface area contributed by atoms with Gasteiger partial charge in [-0.15, -0.1) is 0 Å². The van der Waals surface area contributed by atoms with E-state index in [-0.39, 0.29) is 22.5 Å². The van der Waals surface area contributed by atoms with Gasteiger partial charge in [0.25, 0.3) is 10.1 Å². The molecule has 2 bridgehead atoms. The van der Waals surface area contributed by atoms with Gasteiger partial charge in [-0.25, -0.2) is 4.79 Å². The molecule has 0 amide bonds. The van der Waals surface area contributed by atoms with Gasteiger partial charge in [-0.2, -0.15) is 8.42 Å². The molecule has 0 radical (unpaired) electrons. The van der Waals surface area contributed by atoms with Crippen LogP contribution >= 0.6 is 67.8 Å². The van der Waals surface area contributed by atoms with Crippen molar-refractivity contribution in [2.75, 3.05) is 0 Å². The lowest BCUT2D eigenvalue weighted by molar-refractivity contribution is -0.149. The Bertz CT molecular complexity index is 1530. The third-order valence-corrected chi connectivity index (χ3v) is 14.7. The van der Waals surface area contributed by atoms with Gasteiger partial charge in [-0.3, -0.25) is 14.1 Å². The predicted octanol–water partition coefficient (Wildman–Crippen LogP) is 5.73. The SMILES string of the molecule is O=C(OC1C2CC3C1OC(=O)C3C2C(=O)Oc1ccc(S(=O)(=O)O)c(C2CCCCC2)c1)c1cc(I)c(I)c(I)c1. The number of carbonyl (C=O) groups excluding carboxylic acids is 3. The van der Waals surface area contributed by atoms with Gasteiger partial charge in [-0.1, -0.05) is 19.3 Å². The maximum Gasteiger partial charge on any atom is 0.338 e. The minimum Gasteiger partial charge on any atom is -0.458 e. The molecule has 13 heteroatoms. The normalized spacial score (nSPS) is 28.9. The second-order valence-corrected chi connectivity index (χ2v) is 15.9. The molecule has 3 aliphatic carbocycles. The largest absolute Gasteiger partial charge is 0.458 e. The maximum absolute atomic E-state index is 13.6. The molecule has 6 unspecified atom stereocenters. The molecule has 1 saturated heterocycles. The number of benzene rings is 2. The van der Waals surface area contributed by atoms with Gasteiger partial charge in [0.15, 0.2) is 0 Å². The van der Waals surface area contributed by atoms with Gasteiger partial charge in [0.1, 0.15) is 18.0 Å². The topological polar surface area (TPSA) is 133 Å². The zero-order valence-electron chi connectivity index (χ0n) is 21.4. The van der Waals surface area contributed by atoms with Gasteiger partial charge < -0.3 is 14.2 Å². The van der Waals surface area contributed by atoms with Crippen LogP contribution in [0.3, 0.4) is 0 Å². The van der Waals surface area contributed by atoms with E-state index in [1.54, 1.807) is 12.1 Å². The Morgan fingerprint density at radius 1 is 0.976 bits per heavy atom. The van der Waals surface area contributed by atoms with E-state index < -0.39 is 58.0 Å². The van der Waals surface area contributed by atoms with Crippen molar-refractivity contribution >= 4 is 95.8 Å². The molecular formula is C28H25I3O9S. The van der Waals surface area contributed by atoms with Crippen molar-refractivity contribution in [3.63, 3.8) is 0 Å². The number of rotatable bonds is 6. The summed E-state index contributed by atoms with van der Waals surface area (Å²) in [5, 5.41) is 0. The second kappa shape index (κ2) is 11.5. The molecule has 4 aliphatic rings. The Morgan fingerprint density at radius 2 is 1.66 bits per heavy atom. The van der Waals surface area contributed by atoms with Crippen LogP contribution < -0.4 is 4.74 Å². The molecule has 41 heavy (non-hydrogen) atoms. The Balaban J connectivity index is 1.25. The molecule has 9 nitrogen and oxygen atoms in total. The average Bonchev–Trinajstić information content (AvgIpc) is 3.55. The predicted molar refractivity (Wildman–Crippen MR) is 170 cm³/mol. The average molecular weight is 918 g/mol. The van der Waals surface area contributed by atoms with E-state index >= 15 is 0 Å². The highest BCUT2D eigenvalue weighted by atomic mass is 127. The van der Waals surface area contributed by atoms with E-state index in [4.69, 9.17) is 14.2 Å². The Kier molecular flexibility index (Phi) is 8.39. The quantitative estimate of drug-likeness (QED) is 0.127. The van der Waals surface area contributed by atoms with Crippen molar-refractivity contribution in [3.8, 4) is 5.75 Å². The third-order valence-electron chi connectivity index (χ3n) is 8.80. The number of halogens is 3. The van der Waals surface area contributed by atoms with Crippen molar-refractivity contribution in [2.45, 2.75) is 61.5 Å². The van der Waals surface area contributed by atoms with Gasteiger partial charge in [-0.05, 0) is 129 Å². The third kappa shape index (κ3) is 5.54. The van der Waals surface area contributed by atoms with Crippen LogP contribution in [0, 0.1) is 34.4 Å². The van der Waals surface area contributed by atoms with E-state index in [0.717, 1.165) is 42.8 Å². The minimum atomic E-state index is -4.47. The Hall–Kier alpha value is -1.05. The molecule has 1 heterocycles. The van der Waals surface area contributed by atoms with Crippen molar-refractivity contribution in [1.29, 1.82) is 0 Å². The summed E-state index contributed by atoms with van der Waals surface area (Å²) in [7, 11) is -4.47. The number of hydrogen-bond donors (Lipinski definition) is 1. The number of ether oxygens (including phenoxy) is 3. The van der Waals surface area contributed by atoms with Crippen LogP contribution in [0.4, 0.5) is 0 Å². The highest BCUT2D eigenvalue weighted by Crippen LogP contribution is 2.59. The summed E-state index contributed by atoms with van der Waals surface area (Å²) >= 11 is 6.53. The molecule has 2 aromatic rings. The van der Waals surface area contributed by atoms with E-state index in [1.165, 1.54) is 18.2 Å². The van der Waals surface area contributed by atoms with Crippen LogP contribution in [0.1, 0.15) is 60.4 Å². The molecule has 6 atom stereocenters. The molecule has 2 aromatic carbocycles. The highest BCUT2D eigenvalue weighted by Gasteiger charge is 2.70. The summed E-state index contributed by atoms with van der Waals surface area (Å²) in [5.74, 6) is -3.86. The zero-order chi connectivity index (χ0) is 29.2. The first-order chi connectivity index (χ1) is 19.4. The fourth-order valence-corrected chi connectivity index (χ4v) is 9.92. The number of fused-ring (bicyclic) bond motifs is 1. The summed E-state index contributed by atoms with van der Waals surface area (Å²) in [4.78, 5) is 39.4. The van der Waals surface area contributed by atoms with Crippen LogP contribution in [0.5, 0.6) is 5.75 Å². The lowest BCUT2D eigenvalue weighted by atomic mass is 9.78. The number of hydrogen-bond acceptors (Lipinski definition) is 8. The molecule has 0 spiro atoms. The van der Waals surface area contributed by atoms with Gasteiger partial charge >= 0.3 is 17.9 Å². The molecule has 1 N–H and O–H groups in total.